The average molecular weight is 221 g/mol. The molecule has 0 fully saturated rings. The van der Waals surface area contributed by atoms with Crippen molar-refractivity contribution in [3.8, 4) is 0 Å². The summed E-state index contributed by atoms with van der Waals surface area (Å²) in [5.74, 6) is 0. The molecule has 0 radical (unpaired) electrons. The summed E-state index contributed by atoms with van der Waals surface area (Å²) in [6.07, 6.45) is -4.57. The van der Waals surface area contributed by atoms with Gasteiger partial charge in [0.05, 0.1) is 13.2 Å². The molecule has 0 spiro atoms. The second-order valence-corrected chi connectivity index (χ2v) is 3.16. The van der Waals surface area contributed by atoms with E-state index in [0.717, 1.165) is 0 Å². The summed E-state index contributed by atoms with van der Waals surface area (Å²) in [5.41, 5.74) is -0.966. The van der Waals surface area contributed by atoms with Gasteiger partial charge in [-0.3, -0.25) is 0 Å². The topological polar surface area (TPSA) is 50.9 Å². The minimum atomic E-state index is -4.57. The van der Waals surface area contributed by atoms with E-state index >= 15 is 0 Å². The van der Waals surface area contributed by atoms with E-state index < -0.39 is 24.2 Å². The molecule has 4 nitrogen and oxygen atoms in total. The first-order valence-electron chi connectivity index (χ1n) is 4.11. The Morgan fingerprint density at radius 1 is 1.53 bits per heavy atom. The number of allylic oxidation sites excluding steroid dienone is 1. The Morgan fingerprint density at radius 3 is 2.53 bits per heavy atom. The molecule has 1 aromatic heterocycles. The molecule has 15 heavy (non-hydrogen) atoms. The quantitative estimate of drug-likeness (QED) is 0.784. The fourth-order valence-corrected chi connectivity index (χ4v) is 1.13. The predicted octanol–water partition coefficient (Wildman–Crippen LogP) is 1.37. The van der Waals surface area contributed by atoms with E-state index in [4.69, 9.17) is 5.11 Å². The Morgan fingerprint density at radius 2 is 2.13 bits per heavy atom. The van der Waals surface area contributed by atoms with Gasteiger partial charge in [-0.1, -0.05) is 17.4 Å². The van der Waals surface area contributed by atoms with Crippen molar-refractivity contribution < 1.29 is 18.3 Å². The van der Waals surface area contributed by atoms with Crippen LogP contribution in [0.15, 0.2) is 12.2 Å². The number of alkyl halides is 3. The maximum absolute atomic E-state index is 12.5. The van der Waals surface area contributed by atoms with Crippen LogP contribution in [-0.2, 0) is 19.3 Å². The molecule has 1 N–H and O–H groups in total. The van der Waals surface area contributed by atoms with Crippen LogP contribution < -0.4 is 0 Å². The predicted molar refractivity (Wildman–Crippen MR) is 45.8 cm³/mol. The number of rotatable bonds is 3. The summed E-state index contributed by atoms with van der Waals surface area (Å²) in [4.78, 5) is 0. The van der Waals surface area contributed by atoms with Crippen molar-refractivity contribution in [2.75, 3.05) is 0 Å². The second kappa shape index (κ2) is 4.01. The lowest BCUT2D eigenvalue weighted by Gasteiger charge is -2.10. The molecule has 0 aliphatic heterocycles. The average Bonchev–Trinajstić information content (AvgIpc) is 2.45. The number of halogens is 3. The molecular weight excluding hydrogens is 211 g/mol. The second-order valence-electron chi connectivity index (χ2n) is 3.16. The van der Waals surface area contributed by atoms with Crippen LogP contribution in [0.4, 0.5) is 13.2 Å². The zero-order valence-electron chi connectivity index (χ0n) is 8.04. The molecule has 1 aromatic rings. The Hall–Kier alpha value is -1.37. The standard InChI is InChI=1S/C8H10F3N3O/c1-5(2)3-14-7(8(9,10)11)6(4-15)12-13-14/h15H,1,3-4H2,2H3. The van der Waals surface area contributed by atoms with Crippen molar-refractivity contribution in [1.82, 2.24) is 15.0 Å². The maximum atomic E-state index is 12.5. The summed E-state index contributed by atoms with van der Waals surface area (Å²) in [7, 11) is 0. The Labute approximate surface area is 84.0 Å². The molecule has 0 unspecified atom stereocenters. The lowest BCUT2D eigenvalue weighted by molar-refractivity contribution is -0.145. The van der Waals surface area contributed by atoms with E-state index in [0.29, 0.717) is 10.3 Å². The molecule has 0 aliphatic rings. The third-order valence-corrected chi connectivity index (χ3v) is 1.64. The molecule has 0 saturated heterocycles. The highest BCUT2D eigenvalue weighted by molar-refractivity contribution is 5.14. The first-order valence-corrected chi connectivity index (χ1v) is 4.11. The molecule has 0 atom stereocenters. The number of aliphatic hydroxyl groups is 1. The molecular formula is C8H10F3N3O. The van der Waals surface area contributed by atoms with Gasteiger partial charge < -0.3 is 5.11 Å². The Kier molecular flexibility index (Phi) is 3.13. The van der Waals surface area contributed by atoms with E-state index in [1.165, 1.54) is 0 Å². The monoisotopic (exact) mass is 221 g/mol. The molecule has 0 aliphatic carbocycles. The van der Waals surface area contributed by atoms with Gasteiger partial charge in [0.25, 0.3) is 0 Å². The third-order valence-electron chi connectivity index (χ3n) is 1.64. The van der Waals surface area contributed by atoms with Crippen LogP contribution in [0.25, 0.3) is 0 Å². The number of aliphatic hydroxyl groups excluding tert-OH is 1. The number of nitrogens with zero attached hydrogens (tertiary/aromatic N) is 3. The first-order chi connectivity index (χ1) is 6.86. The summed E-state index contributed by atoms with van der Waals surface area (Å²) < 4.78 is 38.3. The zero-order chi connectivity index (χ0) is 11.6. The van der Waals surface area contributed by atoms with Gasteiger partial charge in [0.1, 0.15) is 5.69 Å². The van der Waals surface area contributed by atoms with Crippen LogP contribution in [0.2, 0.25) is 0 Å². The summed E-state index contributed by atoms with van der Waals surface area (Å²) in [6.45, 7) is 4.22. The molecule has 0 amide bonds. The van der Waals surface area contributed by atoms with Crippen LogP contribution in [0.1, 0.15) is 18.3 Å². The van der Waals surface area contributed by atoms with Crippen molar-refractivity contribution in [3.05, 3.63) is 23.5 Å². The van der Waals surface area contributed by atoms with Gasteiger partial charge in [0.2, 0.25) is 0 Å². The van der Waals surface area contributed by atoms with E-state index in [1.54, 1.807) is 6.92 Å². The van der Waals surface area contributed by atoms with Gasteiger partial charge in [0, 0.05) is 0 Å². The Balaban J connectivity index is 3.17. The van der Waals surface area contributed by atoms with Crippen LogP contribution in [0.3, 0.4) is 0 Å². The highest BCUT2D eigenvalue weighted by Crippen LogP contribution is 2.31. The van der Waals surface area contributed by atoms with E-state index in [1.807, 2.05) is 0 Å². The number of hydrogen-bond donors (Lipinski definition) is 1. The highest BCUT2D eigenvalue weighted by Gasteiger charge is 2.38. The normalized spacial score (nSPS) is 11.8. The molecule has 0 saturated carbocycles. The van der Waals surface area contributed by atoms with Crippen molar-refractivity contribution >= 4 is 0 Å². The third kappa shape index (κ3) is 2.56. The van der Waals surface area contributed by atoms with Crippen LogP contribution in [0, 0.1) is 0 Å². The van der Waals surface area contributed by atoms with Gasteiger partial charge in [-0.2, -0.15) is 13.2 Å². The first kappa shape index (κ1) is 11.7. The van der Waals surface area contributed by atoms with E-state index in [2.05, 4.69) is 16.9 Å². The molecule has 1 heterocycles. The van der Waals surface area contributed by atoms with Crippen LogP contribution in [0.5, 0.6) is 0 Å². The van der Waals surface area contributed by atoms with Gasteiger partial charge >= 0.3 is 6.18 Å². The number of aromatic nitrogens is 3. The van der Waals surface area contributed by atoms with E-state index in [-0.39, 0.29) is 6.54 Å². The zero-order valence-corrected chi connectivity index (χ0v) is 8.04. The molecule has 7 heteroatoms. The number of hydrogen-bond acceptors (Lipinski definition) is 3. The lowest BCUT2D eigenvalue weighted by atomic mass is 10.3. The van der Waals surface area contributed by atoms with Gasteiger partial charge in [-0.25, -0.2) is 4.68 Å². The summed E-state index contributed by atoms with van der Waals surface area (Å²) >= 11 is 0. The summed E-state index contributed by atoms with van der Waals surface area (Å²) in [5, 5.41) is 15.3. The maximum Gasteiger partial charge on any atom is 0.435 e. The van der Waals surface area contributed by atoms with Crippen molar-refractivity contribution in [2.24, 2.45) is 0 Å². The molecule has 0 bridgehead atoms. The minimum absolute atomic E-state index is 0.0676. The van der Waals surface area contributed by atoms with Crippen LogP contribution >= 0.6 is 0 Å². The molecule has 0 aromatic carbocycles. The highest BCUT2D eigenvalue weighted by atomic mass is 19.4. The molecule has 1 rings (SSSR count). The van der Waals surface area contributed by atoms with Crippen molar-refractivity contribution in [2.45, 2.75) is 26.3 Å². The van der Waals surface area contributed by atoms with E-state index in [9.17, 15) is 13.2 Å². The van der Waals surface area contributed by atoms with Gasteiger partial charge in [-0.05, 0) is 6.92 Å². The van der Waals surface area contributed by atoms with Gasteiger partial charge in [0.15, 0.2) is 5.69 Å². The van der Waals surface area contributed by atoms with Crippen molar-refractivity contribution in [1.29, 1.82) is 0 Å². The van der Waals surface area contributed by atoms with Gasteiger partial charge in [-0.15, -0.1) is 5.10 Å². The summed E-state index contributed by atoms with van der Waals surface area (Å²) in [6, 6.07) is 0. The SMILES string of the molecule is C=C(C)Cn1nnc(CO)c1C(F)(F)F. The fourth-order valence-electron chi connectivity index (χ4n) is 1.13. The van der Waals surface area contributed by atoms with Crippen LogP contribution in [-0.4, -0.2) is 20.1 Å². The molecule has 84 valence electrons. The minimum Gasteiger partial charge on any atom is -0.390 e. The lowest BCUT2D eigenvalue weighted by Crippen LogP contribution is -2.17. The van der Waals surface area contributed by atoms with Crippen molar-refractivity contribution in [3.63, 3.8) is 0 Å². The Bertz CT molecular complexity index is 370. The fraction of sp³-hybridized carbons (Fsp3) is 0.500. The largest absolute Gasteiger partial charge is 0.435 e. The smallest absolute Gasteiger partial charge is 0.390 e.